The molecule has 3 nitrogen and oxygen atoms in total. The molecule has 21 heavy (non-hydrogen) atoms. The lowest BCUT2D eigenvalue weighted by Crippen LogP contribution is -1.98. The minimum absolute atomic E-state index is 0.399. The molecule has 0 radical (unpaired) electrons. The SMILES string of the molecule is COc1ccc(COc2ccc([C@H](C)O)cc2Cl)cc1Br. The molecular formula is C16H16BrClO3. The molecule has 2 aromatic carbocycles. The molecule has 0 bridgehead atoms. The van der Waals surface area contributed by atoms with Crippen LogP contribution in [0.1, 0.15) is 24.2 Å². The predicted molar refractivity (Wildman–Crippen MR) is 87.1 cm³/mol. The molecule has 0 amide bonds. The smallest absolute Gasteiger partial charge is 0.138 e. The molecule has 0 unspecified atom stereocenters. The van der Waals surface area contributed by atoms with Gasteiger partial charge in [0.1, 0.15) is 18.1 Å². The van der Waals surface area contributed by atoms with Crippen LogP contribution in [0.2, 0.25) is 5.02 Å². The largest absolute Gasteiger partial charge is 0.496 e. The number of hydrogen-bond acceptors (Lipinski definition) is 3. The molecule has 0 aliphatic rings. The second-order valence-electron chi connectivity index (χ2n) is 4.62. The lowest BCUT2D eigenvalue weighted by molar-refractivity contribution is 0.199. The molecule has 0 spiro atoms. The summed E-state index contributed by atoms with van der Waals surface area (Å²) in [6.45, 7) is 2.09. The van der Waals surface area contributed by atoms with Gasteiger partial charge in [0.25, 0.3) is 0 Å². The third-order valence-electron chi connectivity index (χ3n) is 3.05. The lowest BCUT2D eigenvalue weighted by Gasteiger charge is -2.11. The van der Waals surface area contributed by atoms with Gasteiger partial charge in [0.05, 0.1) is 22.7 Å². The van der Waals surface area contributed by atoms with Crippen LogP contribution in [-0.2, 0) is 6.61 Å². The van der Waals surface area contributed by atoms with Crippen LogP contribution in [-0.4, -0.2) is 12.2 Å². The molecule has 0 fully saturated rings. The molecule has 112 valence electrons. The fourth-order valence-corrected chi connectivity index (χ4v) is 2.69. The fraction of sp³-hybridized carbons (Fsp3) is 0.250. The van der Waals surface area contributed by atoms with Crippen LogP contribution in [0.15, 0.2) is 40.9 Å². The Morgan fingerprint density at radius 1 is 1.19 bits per heavy atom. The van der Waals surface area contributed by atoms with E-state index in [1.807, 2.05) is 18.2 Å². The summed E-state index contributed by atoms with van der Waals surface area (Å²) in [5.41, 5.74) is 1.76. The second-order valence-corrected chi connectivity index (χ2v) is 5.88. The van der Waals surface area contributed by atoms with E-state index in [4.69, 9.17) is 21.1 Å². The van der Waals surface area contributed by atoms with Crippen LogP contribution in [0, 0.1) is 0 Å². The number of rotatable bonds is 5. The van der Waals surface area contributed by atoms with Gasteiger partial charge in [-0.25, -0.2) is 0 Å². The average molecular weight is 372 g/mol. The molecule has 0 saturated heterocycles. The highest BCUT2D eigenvalue weighted by molar-refractivity contribution is 9.10. The molecule has 0 heterocycles. The van der Waals surface area contributed by atoms with Crippen molar-refractivity contribution in [2.24, 2.45) is 0 Å². The van der Waals surface area contributed by atoms with Crippen LogP contribution < -0.4 is 9.47 Å². The van der Waals surface area contributed by atoms with E-state index in [9.17, 15) is 5.11 Å². The predicted octanol–water partition coefficient (Wildman–Crippen LogP) is 4.74. The van der Waals surface area contributed by atoms with Crippen molar-refractivity contribution in [3.8, 4) is 11.5 Å². The van der Waals surface area contributed by atoms with Gasteiger partial charge in [0, 0.05) is 0 Å². The molecule has 5 heteroatoms. The van der Waals surface area contributed by atoms with Gasteiger partial charge in [0.15, 0.2) is 0 Å². The van der Waals surface area contributed by atoms with Gasteiger partial charge in [-0.3, -0.25) is 0 Å². The normalized spacial score (nSPS) is 12.0. The Morgan fingerprint density at radius 2 is 1.90 bits per heavy atom. The van der Waals surface area contributed by atoms with Crippen molar-refractivity contribution in [2.45, 2.75) is 19.6 Å². The topological polar surface area (TPSA) is 38.7 Å². The second kappa shape index (κ2) is 7.16. The lowest BCUT2D eigenvalue weighted by atomic mass is 10.1. The zero-order valence-corrected chi connectivity index (χ0v) is 14.1. The molecule has 2 aromatic rings. The van der Waals surface area contributed by atoms with Gasteiger partial charge in [0.2, 0.25) is 0 Å². The summed E-state index contributed by atoms with van der Waals surface area (Å²) in [6, 6.07) is 11.0. The summed E-state index contributed by atoms with van der Waals surface area (Å²) in [5.74, 6) is 1.37. The fourth-order valence-electron chi connectivity index (χ4n) is 1.85. The van der Waals surface area contributed by atoms with Crippen molar-refractivity contribution in [3.05, 3.63) is 57.0 Å². The zero-order valence-electron chi connectivity index (χ0n) is 11.8. The maximum absolute atomic E-state index is 9.51. The van der Waals surface area contributed by atoms with Crippen LogP contribution in [0.25, 0.3) is 0 Å². The Bertz CT molecular complexity index is 629. The van der Waals surface area contributed by atoms with Gasteiger partial charge in [-0.1, -0.05) is 23.7 Å². The maximum Gasteiger partial charge on any atom is 0.138 e. The summed E-state index contributed by atoms with van der Waals surface area (Å²) >= 11 is 9.59. The van der Waals surface area contributed by atoms with Gasteiger partial charge >= 0.3 is 0 Å². The molecule has 1 N–H and O–H groups in total. The molecule has 2 rings (SSSR count). The van der Waals surface area contributed by atoms with E-state index >= 15 is 0 Å². The average Bonchev–Trinajstić information content (AvgIpc) is 2.46. The summed E-state index contributed by atoms with van der Waals surface area (Å²) in [5, 5.41) is 10.00. The first-order chi connectivity index (χ1) is 10.0. The third kappa shape index (κ3) is 4.13. The number of benzene rings is 2. The Labute approximate surface area is 137 Å². The molecule has 0 aliphatic heterocycles. The Morgan fingerprint density at radius 3 is 2.48 bits per heavy atom. The van der Waals surface area contributed by atoms with Crippen molar-refractivity contribution in [1.29, 1.82) is 0 Å². The van der Waals surface area contributed by atoms with Crippen molar-refractivity contribution in [1.82, 2.24) is 0 Å². The summed E-state index contributed by atoms with van der Waals surface area (Å²) in [6.07, 6.45) is -0.547. The first-order valence-corrected chi connectivity index (χ1v) is 7.61. The first-order valence-electron chi connectivity index (χ1n) is 6.44. The van der Waals surface area contributed by atoms with Crippen molar-refractivity contribution < 1.29 is 14.6 Å². The molecule has 0 aliphatic carbocycles. The molecule has 0 aromatic heterocycles. The van der Waals surface area contributed by atoms with E-state index in [0.717, 1.165) is 21.3 Å². The highest BCUT2D eigenvalue weighted by Crippen LogP contribution is 2.30. The van der Waals surface area contributed by atoms with E-state index in [1.165, 1.54) is 0 Å². The maximum atomic E-state index is 9.51. The van der Waals surface area contributed by atoms with E-state index in [1.54, 1.807) is 32.2 Å². The van der Waals surface area contributed by atoms with Gasteiger partial charge in [-0.2, -0.15) is 0 Å². The number of halogens is 2. The van der Waals surface area contributed by atoms with Crippen LogP contribution >= 0.6 is 27.5 Å². The summed E-state index contributed by atoms with van der Waals surface area (Å²) in [4.78, 5) is 0. The highest BCUT2D eigenvalue weighted by atomic mass is 79.9. The number of aliphatic hydroxyl groups excluding tert-OH is 1. The Balaban J connectivity index is 2.08. The number of hydrogen-bond donors (Lipinski definition) is 1. The minimum Gasteiger partial charge on any atom is -0.496 e. The molecule has 1 atom stereocenters. The van der Waals surface area contributed by atoms with Crippen molar-refractivity contribution in [3.63, 3.8) is 0 Å². The highest BCUT2D eigenvalue weighted by Gasteiger charge is 2.08. The van der Waals surface area contributed by atoms with Gasteiger partial charge in [-0.05, 0) is 58.2 Å². The Kier molecular flexibility index (Phi) is 5.51. The monoisotopic (exact) mass is 370 g/mol. The van der Waals surface area contributed by atoms with Crippen LogP contribution in [0.4, 0.5) is 0 Å². The van der Waals surface area contributed by atoms with E-state index in [-0.39, 0.29) is 0 Å². The van der Waals surface area contributed by atoms with E-state index in [0.29, 0.717) is 17.4 Å². The third-order valence-corrected chi connectivity index (χ3v) is 3.96. The number of methoxy groups -OCH3 is 1. The molecular weight excluding hydrogens is 356 g/mol. The molecule has 0 saturated carbocycles. The van der Waals surface area contributed by atoms with Crippen LogP contribution in [0.5, 0.6) is 11.5 Å². The zero-order chi connectivity index (χ0) is 15.4. The van der Waals surface area contributed by atoms with Crippen molar-refractivity contribution in [2.75, 3.05) is 7.11 Å². The van der Waals surface area contributed by atoms with Crippen LogP contribution in [0.3, 0.4) is 0 Å². The summed E-state index contributed by atoms with van der Waals surface area (Å²) < 4.78 is 11.8. The standard InChI is InChI=1S/C16H16BrClO3/c1-10(19)12-4-6-16(14(18)8-12)21-9-11-3-5-15(20-2)13(17)7-11/h3-8,10,19H,9H2,1-2H3/t10-/m0/s1. The summed E-state index contributed by atoms with van der Waals surface area (Å²) in [7, 11) is 1.62. The minimum atomic E-state index is -0.547. The number of ether oxygens (including phenoxy) is 2. The van der Waals surface area contributed by atoms with E-state index in [2.05, 4.69) is 15.9 Å². The van der Waals surface area contributed by atoms with Crippen molar-refractivity contribution >= 4 is 27.5 Å². The quantitative estimate of drug-likeness (QED) is 0.825. The first kappa shape index (κ1) is 16.1. The van der Waals surface area contributed by atoms with Gasteiger partial charge < -0.3 is 14.6 Å². The van der Waals surface area contributed by atoms with Gasteiger partial charge in [-0.15, -0.1) is 0 Å². The van der Waals surface area contributed by atoms with E-state index < -0.39 is 6.10 Å². The number of aliphatic hydroxyl groups is 1. The Hall–Kier alpha value is -1.23.